The molecule has 2 heteroatoms. The highest BCUT2D eigenvalue weighted by Crippen LogP contribution is 2.34. The topological polar surface area (TPSA) is 21.3 Å². The van der Waals surface area contributed by atoms with Gasteiger partial charge in [0.2, 0.25) is 0 Å². The number of ether oxygens (including phenoxy) is 1. The van der Waals surface area contributed by atoms with Gasteiger partial charge in [0.15, 0.2) is 0 Å². The summed E-state index contributed by atoms with van der Waals surface area (Å²) in [6, 6.07) is 8.72. The van der Waals surface area contributed by atoms with Crippen molar-refractivity contribution in [3.63, 3.8) is 0 Å². The van der Waals surface area contributed by atoms with Gasteiger partial charge in [-0.05, 0) is 44.2 Å². The van der Waals surface area contributed by atoms with Gasteiger partial charge in [0.05, 0.1) is 5.60 Å². The molecular weight excluding hydrogens is 222 g/mol. The smallest absolute Gasteiger partial charge is 0.0902 e. The van der Waals surface area contributed by atoms with E-state index in [9.17, 15) is 0 Å². The quantitative estimate of drug-likeness (QED) is 0.817. The number of benzene rings is 1. The molecular formula is C16H21NO. The van der Waals surface area contributed by atoms with Crippen molar-refractivity contribution in [2.45, 2.75) is 38.2 Å². The summed E-state index contributed by atoms with van der Waals surface area (Å²) < 4.78 is 6.07. The van der Waals surface area contributed by atoms with E-state index in [2.05, 4.69) is 42.6 Å². The first kappa shape index (κ1) is 11.8. The van der Waals surface area contributed by atoms with Crippen LogP contribution in [0.25, 0.3) is 5.70 Å². The first-order chi connectivity index (χ1) is 8.77. The standard InChI is InChI=1S/C16H21NO/c1-13-4-6-14(7-5-13)15-12-16(9-10-17-15)8-2-3-11-18-16/h4-7,12,17H,2-3,8-11H2,1H3. The van der Waals surface area contributed by atoms with E-state index in [1.165, 1.54) is 36.1 Å². The fourth-order valence-electron chi connectivity index (χ4n) is 2.90. The number of rotatable bonds is 1. The largest absolute Gasteiger partial charge is 0.385 e. The summed E-state index contributed by atoms with van der Waals surface area (Å²) in [4.78, 5) is 0. The molecule has 0 saturated carbocycles. The highest BCUT2D eigenvalue weighted by atomic mass is 16.5. The van der Waals surface area contributed by atoms with Crippen molar-refractivity contribution in [3.8, 4) is 0 Å². The zero-order chi connectivity index (χ0) is 12.4. The first-order valence-electron chi connectivity index (χ1n) is 6.95. The molecule has 0 radical (unpaired) electrons. The maximum Gasteiger partial charge on any atom is 0.0902 e. The van der Waals surface area contributed by atoms with Gasteiger partial charge in [-0.1, -0.05) is 29.8 Å². The lowest BCUT2D eigenvalue weighted by molar-refractivity contribution is -0.0494. The number of aryl methyl sites for hydroxylation is 1. The Labute approximate surface area is 109 Å². The van der Waals surface area contributed by atoms with Crippen LogP contribution in [0.4, 0.5) is 0 Å². The molecule has 0 aliphatic carbocycles. The lowest BCUT2D eigenvalue weighted by Crippen LogP contribution is -2.41. The van der Waals surface area contributed by atoms with Crippen molar-refractivity contribution in [2.75, 3.05) is 13.2 Å². The van der Waals surface area contributed by atoms with Crippen LogP contribution in [0.2, 0.25) is 0 Å². The molecule has 1 fully saturated rings. The van der Waals surface area contributed by atoms with Gasteiger partial charge in [-0.25, -0.2) is 0 Å². The minimum atomic E-state index is 0.00369. The first-order valence-corrected chi connectivity index (χ1v) is 6.95. The molecule has 0 bridgehead atoms. The van der Waals surface area contributed by atoms with Gasteiger partial charge in [-0.2, -0.15) is 0 Å². The summed E-state index contributed by atoms with van der Waals surface area (Å²) in [5.41, 5.74) is 3.82. The second kappa shape index (κ2) is 4.77. The van der Waals surface area contributed by atoms with E-state index in [1.54, 1.807) is 0 Å². The minimum absolute atomic E-state index is 0.00369. The maximum absolute atomic E-state index is 6.07. The molecule has 18 heavy (non-hydrogen) atoms. The molecule has 2 aliphatic heterocycles. The van der Waals surface area contributed by atoms with E-state index in [0.717, 1.165) is 19.6 Å². The molecule has 1 atom stereocenters. The summed E-state index contributed by atoms with van der Waals surface area (Å²) in [6.07, 6.45) is 7.09. The fraction of sp³-hybridized carbons (Fsp3) is 0.500. The van der Waals surface area contributed by atoms with E-state index >= 15 is 0 Å². The summed E-state index contributed by atoms with van der Waals surface area (Å²) in [5.74, 6) is 0. The third-order valence-electron chi connectivity index (χ3n) is 4.02. The lowest BCUT2D eigenvalue weighted by atomic mass is 9.86. The molecule has 2 heterocycles. The van der Waals surface area contributed by atoms with Crippen LogP contribution in [0.3, 0.4) is 0 Å². The summed E-state index contributed by atoms with van der Waals surface area (Å²) in [7, 11) is 0. The molecule has 2 aliphatic rings. The Hall–Kier alpha value is -1.28. The third-order valence-corrected chi connectivity index (χ3v) is 4.02. The average molecular weight is 243 g/mol. The van der Waals surface area contributed by atoms with Crippen LogP contribution >= 0.6 is 0 Å². The van der Waals surface area contributed by atoms with Gasteiger partial charge in [-0.3, -0.25) is 0 Å². The Bertz CT molecular complexity index is 441. The molecule has 1 saturated heterocycles. The van der Waals surface area contributed by atoms with Crippen molar-refractivity contribution >= 4 is 5.70 Å². The van der Waals surface area contributed by atoms with Gasteiger partial charge >= 0.3 is 0 Å². The Balaban J connectivity index is 1.89. The van der Waals surface area contributed by atoms with Crippen molar-refractivity contribution in [1.29, 1.82) is 0 Å². The number of nitrogens with one attached hydrogen (secondary N) is 1. The lowest BCUT2D eigenvalue weighted by Gasteiger charge is -2.38. The monoisotopic (exact) mass is 243 g/mol. The van der Waals surface area contributed by atoms with Crippen LogP contribution < -0.4 is 5.32 Å². The number of hydrogen-bond donors (Lipinski definition) is 1. The van der Waals surface area contributed by atoms with Gasteiger partial charge in [0, 0.05) is 18.8 Å². The van der Waals surface area contributed by atoms with Crippen LogP contribution in [0, 0.1) is 6.92 Å². The highest BCUT2D eigenvalue weighted by Gasteiger charge is 2.33. The molecule has 1 N–H and O–H groups in total. The zero-order valence-corrected chi connectivity index (χ0v) is 11.0. The second-order valence-electron chi connectivity index (χ2n) is 5.47. The van der Waals surface area contributed by atoms with Crippen LogP contribution in [0.5, 0.6) is 0 Å². The van der Waals surface area contributed by atoms with E-state index < -0.39 is 0 Å². The summed E-state index contributed by atoms with van der Waals surface area (Å²) in [5, 5.41) is 3.51. The van der Waals surface area contributed by atoms with Gasteiger partial charge < -0.3 is 10.1 Å². The van der Waals surface area contributed by atoms with E-state index in [0.29, 0.717) is 0 Å². The molecule has 1 spiro atoms. The molecule has 2 nitrogen and oxygen atoms in total. The van der Waals surface area contributed by atoms with Gasteiger partial charge in [0.1, 0.15) is 0 Å². The third kappa shape index (κ3) is 2.30. The van der Waals surface area contributed by atoms with Crippen LogP contribution in [-0.2, 0) is 4.74 Å². The fourth-order valence-corrected chi connectivity index (χ4v) is 2.90. The second-order valence-corrected chi connectivity index (χ2v) is 5.47. The van der Waals surface area contributed by atoms with Gasteiger partial charge in [-0.15, -0.1) is 0 Å². The van der Waals surface area contributed by atoms with Crippen LogP contribution in [0.1, 0.15) is 36.8 Å². The summed E-state index contributed by atoms with van der Waals surface area (Å²) >= 11 is 0. The van der Waals surface area contributed by atoms with Crippen molar-refractivity contribution in [1.82, 2.24) is 5.32 Å². The normalized spacial score (nSPS) is 27.7. The Kier molecular flexibility index (Phi) is 3.13. The highest BCUT2D eigenvalue weighted by molar-refractivity contribution is 5.66. The van der Waals surface area contributed by atoms with Crippen LogP contribution in [0.15, 0.2) is 30.3 Å². The van der Waals surface area contributed by atoms with Crippen LogP contribution in [-0.4, -0.2) is 18.8 Å². The Morgan fingerprint density at radius 1 is 1.11 bits per heavy atom. The van der Waals surface area contributed by atoms with Crippen molar-refractivity contribution in [3.05, 3.63) is 41.5 Å². The molecule has 0 aromatic heterocycles. The summed E-state index contributed by atoms with van der Waals surface area (Å²) in [6.45, 7) is 4.05. The molecule has 1 aromatic carbocycles. The number of hydrogen-bond acceptors (Lipinski definition) is 2. The maximum atomic E-state index is 6.07. The molecule has 3 rings (SSSR count). The molecule has 0 amide bonds. The van der Waals surface area contributed by atoms with E-state index in [-0.39, 0.29) is 5.60 Å². The zero-order valence-electron chi connectivity index (χ0n) is 11.0. The SMILES string of the molecule is Cc1ccc(C2=CC3(CCCCO3)CCN2)cc1. The predicted molar refractivity (Wildman–Crippen MR) is 74.3 cm³/mol. The molecule has 96 valence electrons. The van der Waals surface area contributed by atoms with E-state index in [1.807, 2.05) is 0 Å². The minimum Gasteiger partial charge on any atom is -0.385 e. The molecule has 1 unspecified atom stereocenters. The Morgan fingerprint density at radius 2 is 1.94 bits per heavy atom. The predicted octanol–water partition coefficient (Wildman–Crippen LogP) is 3.27. The van der Waals surface area contributed by atoms with Crippen molar-refractivity contribution in [2.24, 2.45) is 0 Å². The Morgan fingerprint density at radius 3 is 2.67 bits per heavy atom. The average Bonchev–Trinajstić information content (AvgIpc) is 2.40. The van der Waals surface area contributed by atoms with E-state index in [4.69, 9.17) is 4.74 Å². The molecule has 1 aromatic rings. The van der Waals surface area contributed by atoms with Crippen molar-refractivity contribution < 1.29 is 4.74 Å². The van der Waals surface area contributed by atoms with Gasteiger partial charge in [0.25, 0.3) is 0 Å².